The van der Waals surface area contributed by atoms with E-state index in [9.17, 15) is 0 Å². The first kappa shape index (κ1) is 15.2. The van der Waals surface area contributed by atoms with Crippen molar-refractivity contribution < 1.29 is 9.47 Å². The molecule has 1 aromatic carbocycles. The first-order chi connectivity index (χ1) is 9.18. The largest absolute Gasteiger partial charge is 0.493 e. The third-order valence-electron chi connectivity index (χ3n) is 3.99. The zero-order valence-corrected chi connectivity index (χ0v) is 13.8. The van der Waals surface area contributed by atoms with E-state index in [1.165, 1.54) is 11.1 Å². The molecule has 0 aromatic heterocycles. The standard InChI is InChI=1S/C17H27NO2/c1-16(2,3)15-12-9-14(20-7)13(19-6)8-11(12)10-17(4,5)18-15/h8-9,15,18H,10H2,1-7H3. The Bertz CT molecular complexity index is 500. The van der Waals surface area contributed by atoms with Crippen LogP contribution in [0.5, 0.6) is 11.5 Å². The number of rotatable bonds is 2. The number of ether oxygens (including phenoxy) is 2. The highest BCUT2D eigenvalue weighted by atomic mass is 16.5. The highest BCUT2D eigenvalue weighted by Crippen LogP contribution is 2.44. The van der Waals surface area contributed by atoms with Gasteiger partial charge in [0, 0.05) is 11.6 Å². The number of benzene rings is 1. The summed E-state index contributed by atoms with van der Waals surface area (Å²) in [5, 5.41) is 3.78. The van der Waals surface area contributed by atoms with Crippen molar-refractivity contribution in [2.24, 2.45) is 5.41 Å². The zero-order valence-electron chi connectivity index (χ0n) is 13.8. The molecule has 1 atom stereocenters. The second-order valence-electron chi connectivity index (χ2n) is 7.41. The van der Waals surface area contributed by atoms with E-state index in [1.54, 1.807) is 14.2 Å². The van der Waals surface area contributed by atoms with Crippen LogP contribution in [0.4, 0.5) is 0 Å². The summed E-state index contributed by atoms with van der Waals surface area (Å²) in [5.74, 6) is 1.62. The van der Waals surface area contributed by atoms with Gasteiger partial charge in [0.25, 0.3) is 0 Å². The van der Waals surface area contributed by atoms with Crippen LogP contribution >= 0.6 is 0 Å². The molecule has 1 aromatic rings. The Morgan fingerprint density at radius 2 is 1.65 bits per heavy atom. The number of nitrogens with one attached hydrogen (secondary N) is 1. The van der Waals surface area contributed by atoms with Gasteiger partial charge in [-0.3, -0.25) is 0 Å². The van der Waals surface area contributed by atoms with Crippen LogP contribution in [0.2, 0.25) is 0 Å². The Labute approximate surface area is 122 Å². The van der Waals surface area contributed by atoms with Crippen LogP contribution in [0.25, 0.3) is 0 Å². The SMILES string of the molecule is COc1cc2c(cc1OC)C(C(C)(C)C)NC(C)(C)C2. The van der Waals surface area contributed by atoms with Gasteiger partial charge < -0.3 is 14.8 Å². The van der Waals surface area contributed by atoms with Gasteiger partial charge in [-0.1, -0.05) is 20.8 Å². The fourth-order valence-electron chi connectivity index (χ4n) is 3.04. The Morgan fingerprint density at radius 3 is 2.15 bits per heavy atom. The summed E-state index contributed by atoms with van der Waals surface area (Å²) >= 11 is 0. The molecular weight excluding hydrogens is 250 g/mol. The van der Waals surface area contributed by atoms with Gasteiger partial charge in [-0.05, 0) is 48.9 Å². The van der Waals surface area contributed by atoms with Crippen molar-refractivity contribution in [3.05, 3.63) is 23.3 Å². The maximum absolute atomic E-state index is 5.46. The van der Waals surface area contributed by atoms with E-state index in [0.29, 0.717) is 6.04 Å². The van der Waals surface area contributed by atoms with Crippen LogP contribution in [0, 0.1) is 5.41 Å². The van der Waals surface area contributed by atoms with Crippen molar-refractivity contribution in [2.45, 2.75) is 52.6 Å². The first-order valence-electron chi connectivity index (χ1n) is 7.20. The topological polar surface area (TPSA) is 30.5 Å². The third-order valence-corrected chi connectivity index (χ3v) is 3.99. The average molecular weight is 277 g/mol. The van der Waals surface area contributed by atoms with Crippen LogP contribution in [0.3, 0.4) is 0 Å². The minimum atomic E-state index is 0.0878. The molecule has 20 heavy (non-hydrogen) atoms. The lowest BCUT2D eigenvalue weighted by Crippen LogP contribution is -2.51. The molecule has 1 unspecified atom stereocenters. The zero-order chi connectivity index (χ0) is 15.1. The van der Waals surface area contributed by atoms with Gasteiger partial charge in [-0.2, -0.15) is 0 Å². The predicted octanol–water partition coefficient (Wildman–Crippen LogP) is 3.72. The van der Waals surface area contributed by atoms with Gasteiger partial charge >= 0.3 is 0 Å². The lowest BCUT2D eigenvalue weighted by molar-refractivity contribution is 0.194. The van der Waals surface area contributed by atoms with E-state index in [1.807, 2.05) is 0 Å². The van der Waals surface area contributed by atoms with Crippen LogP contribution in [-0.2, 0) is 6.42 Å². The van der Waals surface area contributed by atoms with Crippen molar-refractivity contribution in [1.29, 1.82) is 0 Å². The van der Waals surface area contributed by atoms with E-state index in [0.717, 1.165) is 17.9 Å². The molecule has 3 heteroatoms. The highest BCUT2D eigenvalue weighted by Gasteiger charge is 2.38. The molecule has 1 aliphatic heterocycles. The maximum atomic E-state index is 5.46. The number of methoxy groups -OCH3 is 2. The second kappa shape index (κ2) is 4.96. The van der Waals surface area contributed by atoms with E-state index >= 15 is 0 Å². The van der Waals surface area contributed by atoms with Gasteiger partial charge in [0.1, 0.15) is 0 Å². The molecule has 112 valence electrons. The molecule has 0 fully saturated rings. The fraction of sp³-hybridized carbons (Fsp3) is 0.647. The van der Waals surface area contributed by atoms with Crippen molar-refractivity contribution >= 4 is 0 Å². The van der Waals surface area contributed by atoms with E-state index in [-0.39, 0.29) is 11.0 Å². The summed E-state index contributed by atoms with van der Waals surface area (Å²) in [7, 11) is 3.38. The van der Waals surface area contributed by atoms with Gasteiger partial charge in [0.15, 0.2) is 11.5 Å². The predicted molar refractivity (Wildman–Crippen MR) is 82.7 cm³/mol. The minimum Gasteiger partial charge on any atom is -0.493 e. The van der Waals surface area contributed by atoms with Gasteiger partial charge in [-0.25, -0.2) is 0 Å². The summed E-state index contributed by atoms with van der Waals surface area (Å²) in [6, 6.07) is 4.57. The number of hydrogen-bond acceptors (Lipinski definition) is 3. The Hall–Kier alpha value is -1.22. The third kappa shape index (κ3) is 2.78. The minimum absolute atomic E-state index is 0.0878. The molecule has 0 amide bonds. The smallest absolute Gasteiger partial charge is 0.161 e. The maximum Gasteiger partial charge on any atom is 0.161 e. The summed E-state index contributed by atoms with van der Waals surface area (Å²) in [5.41, 5.74) is 2.91. The molecule has 0 saturated carbocycles. The molecule has 3 nitrogen and oxygen atoms in total. The van der Waals surface area contributed by atoms with Crippen molar-refractivity contribution in [3.63, 3.8) is 0 Å². The molecule has 0 aliphatic carbocycles. The lowest BCUT2D eigenvalue weighted by atomic mass is 9.74. The number of fused-ring (bicyclic) bond motifs is 1. The van der Waals surface area contributed by atoms with Crippen molar-refractivity contribution in [3.8, 4) is 11.5 Å². The first-order valence-corrected chi connectivity index (χ1v) is 7.20. The van der Waals surface area contributed by atoms with Gasteiger partial charge in [-0.15, -0.1) is 0 Å². The lowest BCUT2D eigenvalue weighted by Gasteiger charge is -2.44. The summed E-state index contributed by atoms with van der Waals surface area (Å²) in [6.07, 6.45) is 0.995. The van der Waals surface area contributed by atoms with Crippen LogP contribution < -0.4 is 14.8 Å². The fourth-order valence-corrected chi connectivity index (χ4v) is 3.04. The van der Waals surface area contributed by atoms with E-state index < -0.39 is 0 Å². The van der Waals surface area contributed by atoms with Gasteiger partial charge in [0.2, 0.25) is 0 Å². The molecule has 0 saturated heterocycles. The normalized spacial score (nSPS) is 21.2. The molecule has 1 aliphatic rings. The van der Waals surface area contributed by atoms with Crippen LogP contribution in [0.1, 0.15) is 51.8 Å². The van der Waals surface area contributed by atoms with Crippen molar-refractivity contribution in [2.75, 3.05) is 14.2 Å². The summed E-state index contributed by atoms with van der Waals surface area (Å²) in [4.78, 5) is 0. The van der Waals surface area contributed by atoms with Crippen molar-refractivity contribution in [1.82, 2.24) is 5.32 Å². The van der Waals surface area contributed by atoms with E-state index in [4.69, 9.17) is 9.47 Å². The Kier molecular flexibility index (Phi) is 3.76. The monoisotopic (exact) mass is 277 g/mol. The molecule has 1 heterocycles. The van der Waals surface area contributed by atoms with Crippen LogP contribution in [0.15, 0.2) is 12.1 Å². The Morgan fingerprint density at radius 1 is 1.10 bits per heavy atom. The molecule has 1 N–H and O–H groups in total. The van der Waals surface area contributed by atoms with Gasteiger partial charge in [0.05, 0.1) is 14.2 Å². The Balaban J connectivity index is 2.59. The average Bonchev–Trinajstić information content (AvgIpc) is 2.34. The van der Waals surface area contributed by atoms with Crippen LogP contribution in [-0.4, -0.2) is 19.8 Å². The summed E-state index contributed by atoms with van der Waals surface area (Å²) < 4.78 is 10.9. The number of hydrogen-bond donors (Lipinski definition) is 1. The van der Waals surface area contributed by atoms with E-state index in [2.05, 4.69) is 52.1 Å². The molecular formula is C17H27NO2. The highest BCUT2D eigenvalue weighted by molar-refractivity contribution is 5.50. The molecule has 2 rings (SSSR count). The quantitative estimate of drug-likeness (QED) is 0.894. The molecule has 0 spiro atoms. The summed E-state index contributed by atoms with van der Waals surface area (Å²) in [6.45, 7) is 11.3. The molecule has 0 bridgehead atoms. The molecule has 0 radical (unpaired) electrons. The second-order valence-corrected chi connectivity index (χ2v) is 7.41.